The van der Waals surface area contributed by atoms with Crippen molar-refractivity contribution in [1.82, 2.24) is 0 Å². The van der Waals surface area contributed by atoms with Crippen molar-refractivity contribution in [3.8, 4) is 0 Å². The molecule has 7 heavy (non-hydrogen) atoms. The molecule has 0 saturated heterocycles. The average Bonchev–Trinajstić information content (AvgIpc) is 0. The molecule has 0 atom stereocenters. The minimum Gasteiger partial charge on any atom is -2.00 e. The van der Waals surface area contributed by atoms with E-state index in [0.29, 0.717) is 0 Å². The number of hydrogen-bond acceptors (Lipinski definition) is 0. The van der Waals surface area contributed by atoms with E-state index in [2.05, 4.69) is 0 Å². The first kappa shape index (κ1) is 364. The largest absolute Gasteiger partial charge is 3.00 e. The zero-order chi connectivity index (χ0) is 0. The van der Waals surface area contributed by atoms with Gasteiger partial charge in [-0.15, -0.1) is 0 Å². The van der Waals surface area contributed by atoms with E-state index in [1.807, 2.05) is 0 Å². The van der Waals surface area contributed by atoms with E-state index in [4.69, 9.17) is 0 Å². The molecule has 0 unspecified atom stereocenters. The van der Waals surface area contributed by atoms with Crippen LogP contribution >= 0.6 is 0 Å². The first-order valence-corrected chi connectivity index (χ1v) is 0. The van der Waals surface area contributed by atoms with Crippen molar-refractivity contribution >= 4 is 16.8 Å². The summed E-state index contributed by atoms with van der Waals surface area (Å²) >= 11 is 0. The van der Waals surface area contributed by atoms with Crippen LogP contribution in [-0.2, 0) is 50.6 Å². The van der Waals surface area contributed by atoms with E-state index >= 15 is 0 Å². The fourth-order valence-corrected chi connectivity index (χ4v) is 0. The topological polar surface area (TPSA) is 85.5 Å². The van der Waals surface area contributed by atoms with Crippen molar-refractivity contribution in [1.29, 1.82) is 0 Å². The molecule has 0 heterocycles. The maximum absolute atomic E-state index is 0. The van der Waals surface area contributed by atoms with Gasteiger partial charge in [0, 0.05) is 0 Å². The summed E-state index contributed by atoms with van der Waals surface area (Å²) in [6.07, 6.45) is 0. The van der Waals surface area contributed by atoms with Crippen LogP contribution in [0, 0.1) is 0 Å². The molecule has 46 valence electrons. The van der Waals surface area contributed by atoms with Crippen LogP contribution in [0.4, 0.5) is 0 Å². The van der Waals surface area contributed by atoms with Gasteiger partial charge in [0.1, 0.15) is 0 Å². The second-order valence-corrected chi connectivity index (χ2v) is 0. The molecular formula is H6B2Fe2O3. The van der Waals surface area contributed by atoms with E-state index in [1.54, 1.807) is 0 Å². The molecular weight excluding hydrogens is 181 g/mol. The van der Waals surface area contributed by atoms with E-state index < -0.39 is 0 Å². The second-order valence-electron chi connectivity index (χ2n) is 0. The van der Waals surface area contributed by atoms with Gasteiger partial charge in [-0.3, -0.25) is 0 Å². The van der Waals surface area contributed by atoms with Crippen molar-refractivity contribution in [3.63, 3.8) is 0 Å². The predicted molar refractivity (Wildman–Crippen MR) is 21.9 cm³/mol. The molecule has 0 amide bonds. The van der Waals surface area contributed by atoms with Crippen LogP contribution in [0.3, 0.4) is 0 Å². The third-order valence-corrected chi connectivity index (χ3v) is 0. The van der Waals surface area contributed by atoms with Crippen LogP contribution in [0.2, 0.25) is 0 Å². The van der Waals surface area contributed by atoms with Crippen LogP contribution < -0.4 is 0 Å². The van der Waals surface area contributed by atoms with Crippen molar-refractivity contribution < 1.29 is 50.6 Å². The molecule has 0 aliphatic heterocycles. The molecule has 0 rings (SSSR count). The maximum atomic E-state index is 0. The van der Waals surface area contributed by atoms with Gasteiger partial charge < -0.3 is 16.4 Å². The molecule has 7 heteroatoms. The van der Waals surface area contributed by atoms with Crippen molar-refractivity contribution in [2.45, 2.75) is 0 Å². The Labute approximate surface area is 67.6 Å². The molecule has 0 fully saturated rings. The third-order valence-electron chi connectivity index (χ3n) is 0. The molecule has 3 nitrogen and oxygen atoms in total. The van der Waals surface area contributed by atoms with Crippen molar-refractivity contribution in [2.75, 3.05) is 0 Å². The molecule has 0 aromatic heterocycles. The summed E-state index contributed by atoms with van der Waals surface area (Å²) < 4.78 is 0. The van der Waals surface area contributed by atoms with Crippen LogP contribution in [0.1, 0.15) is 0 Å². The monoisotopic (exact) mass is 188 g/mol. The quantitative estimate of drug-likeness (QED) is 0.369. The summed E-state index contributed by atoms with van der Waals surface area (Å²) in [6.45, 7) is 0. The zero-order valence-electron chi connectivity index (χ0n) is 1.93. The van der Waals surface area contributed by atoms with Gasteiger partial charge in [0.25, 0.3) is 0 Å². The molecule has 0 aliphatic carbocycles. The molecule has 0 aromatic carbocycles. The minimum atomic E-state index is 0. The fraction of sp³-hybridized carbons (Fsp3) is 0. The van der Waals surface area contributed by atoms with Gasteiger partial charge in [-0.2, -0.15) is 0 Å². The van der Waals surface area contributed by atoms with Crippen LogP contribution in [0.5, 0.6) is 0 Å². The summed E-state index contributed by atoms with van der Waals surface area (Å²) in [5, 5.41) is 0. The minimum absolute atomic E-state index is 0. The van der Waals surface area contributed by atoms with Gasteiger partial charge >= 0.3 is 34.1 Å². The molecule has 0 saturated carbocycles. The molecule has 0 aliphatic rings. The Balaban J connectivity index is 0. The van der Waals surface area contributed by atoms with Crippen LogP contribution in [-0.4, -0.2) is 16.8 Å². The average molecular weight is 187 g/mol. The van der Waals surface area contributed by atoms with Crippen LogP contribution in [0.15, 0.2) is 0 Å². The molecule has 0 spiro atoms. The smallest absolute Gasteiger partial charge is 2.00 e. The van der Waals surface area contributed by atoms with E-state index in [9.17, 15) is 0 Å². The number of rotatable bonds is 0. The van der Waals surface area contributed by atoms with E-state index in [1.165, 1.54) is 0 Å². The SMILES string of the molecule is B.B.[Fe+3].[Fe+3].[O-2].[O-2].[O-2]. The Morgan fingerprint density at radius 1 is 0.429 bits per heavy atom. The first-order chi connectivity index (χ1) is 0. The summed E-state index contributed by atoms with van der Waals surface area (Å²) in [5.74, 6) is 0. The molecule has 2 radical (unpaired) electrons. The van der Waals surface area contributed by atoms with E-state index in [-0.39, 0.29) is 67.4 Å². The first-order valence-electron chi connectivity index (χ1n) is 0. The van der Waals surface area contributed by atoms with Gasteiger partial charge in [-0.25, -0.2) is 0 Å². The molecule has 0 aromatic rings. The Kier molecular flexibility index (Phi) is 12200. The van der Waals surface area contributed by atoms with Gasteiger partial charge in [-0.05, 0) is 0 Å². The Morgan fingerprint density at radius 2 is 0.429 bits per heavy atom. The van der Waals surface area contributed by atoms with Gasteiger partial charge in [0.15, 0.2) is 0 Å². The fourth-order valence-electron chi connectivity index (χ4n) is 0. The van der Waals surface area contributed by atoms with Gasteiger partial charge in [0.05, 0.1) is 16.8 Å². The third kappa shape index (κ3) is 163. The van der Waals surface area contributed by atoms with Crippen LogP contribution in [0.25, 0.3) is 0 Å². The molecule has 0 N–H and O–H groups in total. The van der Waals surface area contributed by atoms with Gasteiger partial charge in [-0.1, -0.05) is 0 Å². The number of hydrogen-bond donors (Lipinski definition) is 0. The summed E-state index contributed by atoms with van der Waals surface area (Å²) in [4.78, 5) is 0. The summed E-state index contributed by atoms with van der Waals surface area (Å²) in [6, 6.07) is 0. The van der Waals surface area contributed by atoms with Gasteiger partial charge in [0.2, 0.25) is 0 Å². The van der Waals surface area contributed by atoms with Crippen molar-refractivity contribution in [3.05, 3.63) is 0 Å². The van der Waals surface area contributed by atoms with Crippen molar-refractivity contribution in [2.24, 2.45) is 0 Å². The Morgan fingerprint density at radius 3 is 0.429 bits per heavy atom. The Hall–Kier alpha value is 1.05. The summed E-state index contributed by atoms with van der Waals surface area (Å²) in [5.41, 5.74) is 0. The maximum Gasteiger partial charge on any atom is 3.00 e. The molecule has 0 bridgehead atoms. The normalized spacial score (nSPS) is 0. The predicted octanol–water partition coefficient (Wildman–Crippen LogP) is -2.73. The summed E-state index contributed by atoms with van der Waals surface area (Å²) in [7, 11) is 0. The van der Waals surface area contributed by atoms with E-state index in [0.717, 1.165) is 0 Å². The second kappa shape index (κ2) is 234. The standard InChI is InChI=1S/2BH3.2Fe.3O/h2*1H3;;;;;/q;;2*+3;3*-2. The zero-order valence-corrected chi connectivity index (χ0v) is 4.14. The Bertz CT molecular complexity index is 10.9.